The molecule has 152 valence electrons. The molecule has 0 radical (unpaired) electrons. The Labute approximate surface area is 176 Å². The number of amides is 2. The molecule has 0 fully saturated rings. The summed E-state index contributed by atoms with van der Waals surface area (Å²) < 4.78 is 0. The van der Waals surface area contributed by atoms with Gasteiger partial charge >= 0.3 is 0 Å². The van der Waals surface area contributed by atoms with Gasteiger partial charge in [0.15, 0.2) is 0 Å². The van der Waals surface area contributed by atoms with E-state index in [1.807, 2.05) is 36.4 Å². The smallest absolute Gasteiger partial charge is 0.277 e. The summed E-state index contributed by atoms with van der Waals surface area (Å²) in [7, 11) is 0. The monoisotopic (exact) mass is 412 g/mol. The molecule has 1 aromatic carbocycles. The highest BCUT2D eigenvalue weighted by Gasteiger charge is 2.14. The summed E-state index contributed by atoms with van der Waals surface area (Å²) in [4.78, 5) is 40.8. The van der Waals surface area contributed by atoms with Crippen LogP contribution in [0.3, 0.4) is 0 Å². The lowest BCUT2D eigenvalue weighted by Gasteiger charge is -2.10. The van der Waals surface area contributed by atoms with E-state index in [2.05, 4.69) is 25.3 Å². The van der Waals surface area contributed by atoms with Crippen molar-refractivity contribution in [2.24, 2.45) is 0 Å². The van der Waals surface area contributed by atoms with Gasteiger partial charge in [-0.1, -0.05) is 30.3 Å². The molecule has 0 saturated carbocycles. The van der Waals surface area contributed by atoms with E-state index < -0.39 is 11.8 Å². The minimum atomic E-state index is -0.731. The van der Waals surface area contributed by atoms with Crippen molar-refractivity contribution in [1.29, 1.82) is 0 Å². The second-order valence-corrected chi connectivity index (χ2v) is 6.43. The van der Waals surface area contributed by atoms with Crippen LogP contribution >= 0.6 is 0 Å². The van der Waals surface area contributed by atoms with Gasteiger partial charge in [-0.25, -0.2) is 15.4 Å². The summed E-state index contributed by atoms with van der Waals surface area (Å²) in [5, 5.41) is 11.6. The Morgan fingerprint density at radius 1 is 0.806 bits per heavy atom. The van der Waals surface area contributed by atoms with E-state index in [4.69, 9.17) is 5.21 Å². The number of hydrogen-bond acceptors (Lipinski definition) is 7. The van der Waals surface area contributed by atoms with Crippen molar-refractivity contribution in [2.75, 3.05) is 5.32 Å². The Morgan fingerprint density at radius 2 is 1.58 bits per heavy atom. The lowest BCUT2D eigenvalue weighted by Crippen LogP contribution is -2.20. The lowest BCUT2D eigenvalue weighted by molar-refractivity contribution is 0.0706. The van der Waals surface area contributed by atoms with Crippen molar-refractivity contribution >= 4 is 17.6 Å². The van der Waals surface area contributed by atoms with E-state index in [1.165, 1.54) is 30.7 Å². The van der Waals surface area contributed by atoms with Crippen LogP contribution in [-0.2, 0) is 0 Å². The molecule has 0 spiro atoms. The first-order valence-corrected chi connectivity index (χ1v) is 9.19. The Balaban J connectivity index is 1.67. The molecule has 9 nitrogen and oxygen atoms in total. The van der Waals surface area contributed by atoms with Crippen molar-refractivity contribution in [2.45, 2.75) is 0 Å². The van der Waals surface area contributed by atoms with Gasteiger partial charge in [-0.2, -0.15) is 0 Å². The number of nitrogens with one attached hydrogen (secondary N) is 2. The molecule has 31 heavy (non-hydrogen) atoms. The Hall–Kier alpha value is -4.50. The SMILES string of the molecule is O=C(NO)c1cc(NC(=O)c2cnccn2)nc(-c2ccc(-c3cccnc3)cc2)c1. The fourth-order valence-electron chi connectivity index (χ4n) is 2.90. The number of benzene rings is 1. The van der Waals surface area contributed by atoms with Crippen molar-refractivity contribution in [3.63, 3.8) is 0 Å². The minimum absolute atomic E-state index is 0.101. The predicted octanol–water partition coefficient (Wildman–Crippen LogP) is 2.97. The van der Waals surface area contributed by atoms with Gasteiger partial charge in [-0.15, -0.1) is 0 Å². The molecule has 3 N–H and O–H groups in total. The quantitative estimate of drug-likeness (QED) is 0.339. The van der Waals surface area contributed by atoms with Crippen molar-refractivity contribution < 1.29 is 14.8 Å². The topological polar surface area (TPSA) is 130 Å². The van der Waals surface area contributed by atoms with Gasteiger partial charge in [-0.05, 0) is 29.3 Å². The van der Waals surface area contributed by atoms with Crippen LogP contribution in [0.2, 0.25) is 0 Å². The lowest BCUT2D eigenvalue weighted by atomic mass is 10.0. The van der Waals surface area contributed by atoms with Gasteiger partial charge < -0.3 is 5.32 Å². The van der Waals surface area contributed by atoms with E-state index in [0.717, 1.165) is 16.7 Å². The fraction of sp³-hybridized carbons (Fsp3) is 0. The average Bonchev–Trinajstić information content (AvgIpc) is 2.84. The molecule has 4 rings (SSSR count). The van der Waals surface area contributed by atoms with Crippen LogP contribution in [0, 0.1) is 0 Å². The number of rotatable bonds is 5. The zero-order valence-electron chi connectivity index (χ0n) is 16.1. The molecule has 0 unspecified atom stereocenters. The van der Waals surface area contributed by atoms with E-state index in [9.17, 15) is 9.59 Å². The van der Waals surface area contributed by atoms with Gasteiger partial charge in [-0.3, -0.25) is 24.8 Å². The van der Waals surface area contributed by atoms with Gasteiger partial charge in [0.25, 0.3) is 11.8 Å². The molecule has 2 amide bonds. The standard InChI is InChI=1S/C22H16N6O3/c29-21(28-31)17-10-18(15-5-3-14(4-6-15)16-2-1-7-23-12-16)26-20(11-17)27-22(30)19-13-24-8-9-25-19/h1-13,31H,(H,28,29)(H,26,27,30). The van der Waals surface area contributed by atoms with Crippen molar-refractivity contribution in [3.05, 3.63) is 90.8 Å². The number of aromatic nitrogens is 4. The number of anilines is 1. The maximum atomic E-state index is 12.4. The van der Waals surface area contributed by atoms with Gasteiger partial charge in [0.05, 0.1) is 11.9 Å². The third-order valence-corrected chi connectivity index (χ3v) is 4.40. The molecular weight excluding hydrogens is 396 g/mol. The van der Waals surface area contributed by atoms with Crippen molar-refractivity contribution in [1.82, 2.24) is 25.4 Å². The normalized spacial score (nSPS) is 10.4. The van der Waals surface area contributed by atoms with Crippen LogP contribution < -0.4 is 10.8 Å². The van der Waals surface area contributed by atoms with E-state index in [0.29, 0.717) is 5.69 Å². The minimum Gasteiger partial charge on any atom is -0.305 e. The molecule has 9 heteroatoms. The maximum Gasteiger partial charge on any atom is 0.277 e. The van der Waals surface area contributed by atoms with Crippen LogP contribution in [0.4, 0.5) is 5.82 Å². The summed E-state index contributed by atoms with van der Waals surface area (Å²) >= 11 is 0. The molecule has 0 atom stereocenters. The van der Waals surface area contributed by atoms with E-state index >= 15 is 0 Å². The summed E-state index contributed by atoms with van der Waals surface area (Å²) in [5.41, 5.74) is 4.91. The van der Waals surface area contributed by atoms with Crippen molar-refractivity contribution in [3.8, 4) is 22.4 Å². The third kappa shape index (κ3) is 4.57. The summed E-state index contributed by atoms with van der Waals surface area (Å²) in [6, 6.07) is 14.2. The second kappa shape index (κ2) is 8.89. The second-order valence-electron chi connectivity index (χ2n) is 6.43. The third-order valence-electron chi connectivity index (χ3n) is 4.40. The zero-order valence-corrected chi connectivity index (χ0v) is 16.1. The number of carbonyl (C=O) groups is 2. The summed E-state index contributed by atoms with van der Waals surface area (Å²) in [6.45, 7) is 0. The number of nitrogens with zero attached hydrogens (tertiary/aromatic N) is 4. The molecule has 0 aliphatic rings. The Kier molecular flexibility index (Phi) is 5.68. The number of pyridine rings is 2. The van der Waals surface area contributed by atoms with Gasteiger partial charge in [0, 0.05) is 35.9 Å². The average molecular weight is 412 g/mol. The van der Waals surface area contributed by atoms with E-state index in [1.54, 1.807) is 17.9 Å². The first-order chi connectivity index (χ1) is 15.1. The van der Waals surface area contributed by atoms with Crippen LogP contribution in [0.15, 0.2) is 79.5 Å². The summed E-state index contributed by atoms with van der Waals surface area (Å²) in [5.74, 6) is -1.13. The molecular formula is C22H16N6O3. The van der Waals surface area contributed by atoms with Gasteiger partial charge in [0.2, 0.25) is 0 Å². The first-order valence-electron chi connectivity index (χ1n) is 9.19. The number of hydrogen-bond donors (Lipinski definition) is 3. The molecule has 0 saturated heterocycles. The molecule has 0 aliphatic heterocycles. The highest BCUT2D eigenvalue weighted by atomic mass is 16.5. The maximum absolute atomic E-state index is 12.4. The highest BCUT2D eigenvalue weighted by Crippen LogP contribution is 2.25. The summed E-state index contributed by atoms with van der Waals surface area (Å²) in [6.07, 6.45) is 7.63. The van der Waals surface area contributed by atoms with Crippen LogP contribution in [0.25, 0.3) is 22.4 Å². The largest absolute Gasteiger partial charge is 0.305 e. The van der Waals surface area contributed by atoms with Crippen LogP contribution in [0.5, 0.6) is 0 Å². The fourth-order valence-corrected chi connectivity index (χ4v) is 2.90. The molecule has 4 aromatic rings. The van der Waals surface area contributed by atoms with Crippen LogP contribution in [0.1, 0.15) is 20.8 Å². The molecule has 0 bridgehead atoms. The first kappa shape index (κ1) is 19.8. The number of hydroxylamine groups is 1. The Bertz CT molecular complexity index is 1220. The molecule has 3 heterocycles. The number of carbonyl (C=O) groups excluding carboxylic acids is 2. The highest BCUT2D eigenvalue weighted by molar-refractivity contribution is 6.03. The van der Waals surface area contributed by atoms with Crippen LogP contribution in [-0.4, -0.2) is 37.0 Å². The van der Waals surface area contributed by atoms with E-state index in [-0.39, 0.29) is 17.1 Å². The van der Waals surface area contributed by atoms with Gasteiger partial charge in [0.1, 0.15) is 11.5 Å². The molecule has 3 aromatic heterocycles. The zero-order chi connectivity index (χ0) is 21.6. The Morgan fingerprint density at radius 3 is 2.26 bits per heavy atom. The predicted molar refractivity (Wildman–Crippen MR) is 112 cm³/mol. The molecule has 0 aliphatic carbocycles.